The van der Waals surface area contributed by atoms with Crippen LogP contribution in [0.5, 0.6) is 0 Å². The van der Waals surface area contributed by atoms with Crippen molar-refractivity contribution >= 4 is 12.6 Å². The van der Waals surface area contributed by atoms with Gasteiger partial charge in [-0.1, -0.05) is 109 Å². The molecule has 0 bridgehead atoms. The smallest absolute Gasteiger partial charge is 0.150 e. The van der Waals surface area contributed by atoms with Gasteiger partial charge in [0.2, 0.25) is 0 Å². The Labute approximate surface area is 170 Å². The van der Waals surface area contributed by atoms with Gasteiger partial charge in [-0.2, -0.15) is 0 Å². The Morgan fingerprint density at radius 3 is 1.03 bits per heavy atom. The van der Waals surface area contributed by atoms with E-state index in [2.05, 4.69) is 24.3 Å². The first-order valence-corrected chi connectivity index (χ1v) is 9.51. The van der Waals surface area contributed by atoms with E-state index >= 15 is 0 Å². The van der Waals surface area contributed by atoms with Crippen LogP contribution < -0.4 is 0 Å². The van der Waals surface area contributed by atoms with Gasteiger partial charge in [0, 0.05) is 11.1 Å². The van der Waals surface area contributed by atoms with Crippen molar-refractivity contribution in [3.05, 3.63) is 143 Å². The molecule has 0 aliphatic rings. The molecule has 140 valence electrons. The van der Waals surface area contributed by atoms with Crippen molar-refractivity contribution in [3.8, 4) is 0 Å². The lowest BCUT2D eigenvalue weighted by molar-refractivity contribution is 0.111. The van der Waals surface area contributed by atoms with Crippen LogP contribution >= 0.6 is 0 Å². The molecule has 0 atom stereocenters. The quantitative estimate of drug-likeness (QED) is 0.320. The van der Waals surface area contributed by atoms with Crippen molar-refractivity contribution in [1.29, 1.82) is 0 Å². The lowest BCUT2D eigenvalue weighted by Gasteiger charge is -2.37. The Hall–Kier alpha value is -3.78. The van der Waals surface area contributed by atoms with Crippen molar-refractivity contribution in [3.63, 3.8) is 0 Å². The normalized spacial score (nSPS) is 11.0. The summed E-state index contributed by atoms with van der Waals surface area (Å²) in [7, 11) is 0. The molecule has 4 aromatic carbocycles. The van der Waals surface area contributed by atoms with Crippen LogP contribution in [0.3, 0.4) is 0 Å². The van der Waals surface area contributed by atoms with Gasteiger partial charge >= 0.3 is 0 Å². The fourth-order valence-corrected chi connectivity index (χ4v) is 4.00. The first kappa shape index (κ1) is 18.6. The molecule has 2 heteroatoms. The molecular weight excluding hydrogens is 356 g/mol. The second-order valence-corrected chi connectivity index (χ2v) is 6.96. The average molecular weight is 376 g/mol. The highest BCUT2D eigenvalue weighted by molar-refractivity contribution is 5.76. The minimum absolute atomic E-state index is 0.578. The summed E-state index contributed by atoms with van der Waals surface area (Å²) in [4.78, 5) is 22.4. The first-order valence-electron chi connectivity index (χ1n) is 9.51. The monoisotopic (exact) mass is 376 g/mol. The molecule has 0 spiro atoms. The molecular formula is C27H20O2. The van der Waals surface area contributed by atoms with E-state index in [0.717, 1.165) is 34.8 Å². The zero-order valence-electron chi connectivity index (χ0n) is 15.9. The van der Waals surface area contributed by atoms with Gasteiger partial charge in [0.15, 0.2) is 0 Å². The van der Waals surface area contributed by atoms with Crippen molar-refractivity contribution < 1.29 is 9.59 Å². The van der Waals surface area contributed by atoms with Crippen LogP contribution in [-0.2, 0) is 5.41 Å². The molecule has 2 nitrogen and oxygen atoms in total. The maximum absolute atomic E-state index is 11.2. The first-order chi connectivity index (χ1) is 14.3. The zero-order chi connectivity index (χ0) is 20.1. The van der Waals surface area contributed by atoms with Crippen molar-refractivity contribution in [2.75, 3.05) is 0 Å². The van der Waals surface area contributed by atoms with Gasteiger partial charge in [-0.3, -0.25) is 9.59 Å². The SMILES string of the molecule is O=Cc1ccc(C(c2ccccc2)(c2ccccc2)c2ccc(C=O)cc2)cc1. The van der Waals surface area contributed by atoms with Gasteiger partial charge in [0.1, 0.15) is 12.6 Å². The Balaban J connectivity index is 2.09. The zero-order valence-corrected chi connectivity index (χ0v) is 15.9. The largest absolute Gasteiger partial charge is 0.298 e. The summed E-state index contributed by atoms with van der Waals surface area (Å²) >= 11 is 0. The van der Waals surface area contributed by atoms with Gasteiger partial charge < -0.3 is 0 Å². The Kier molecular flexibility index (Phi) is 5.17. The van der Waals surface area contributed by atoms with Crippen molar-refractivity contribution in [2.45, 2.75) is 5.41 Å². The molecule has 4 rings (SSSR count). The highest BCUT2D eigenvalue weighted by atomic mass is 16.1. The van der Waals surface area contributed by atoms with Crippen LogP contribution in [0.1, 0.15) is 43.0 Å². The third-order valence-electron chi connectivity index (χ3n) is 5.37. The van der Waals surface area contributed by atoms with E-state index in [0.29, 0.717) is 11.1 Å². The number of carbonyl (C=O) groups is 2. The summed E-state index contributed by atoms with van der Waals surface area (Å²) in [6, 6.07) is 36.1. The molecule has 0 saturated carbocycles. The Bertz CT molecular complexity index is 1000. The molecule has 4 aromatic rings. The van der Waals surface area contributed by atoms with Crippen LogP contribution in [-0.4, -0.2) is 12.6 Å². The van der Waals surface area contributed by atoms with E-state index in [9.17, 15) is 9.59 Å². The highest BCUT2D eigenvalue weighted by Gasteiger charge is 2.38. The number of carbonyl (C=O) groups excluding carboxylic acids is 2. The summed E-state index contributed by atoms with van der Waals surface area (Å²) in [6.07, 6.45) is 1.71. The van der Waals surface area contributed by atoms with Crippen molar-refractivity contribution in [2.24, 2.45) is 0 Å². The Morgan fingerprint density at radius 2 is 0.724 bits per heavy atom. The fraction of sp³-hybridized carbons (Fsp3) is 0.0370. The van der Waals surface area contributed by atoms with E-state index in [1.165, 1.54) is 0 Å². The topological polar surface area (TPSA) is 34.1 Å². The summed E-state index contributed by atoms with van der Waals surface area (Å²) in [5, 5.41) is 0. The molecule has 0 aliphatic heterocycles. The third-order valence-corrected chi connectivity index (χ3v) is 5.37. The van der Waals surface area contributed by atoms with Gasteiger partial charge in [0.25, 0.3) is 0 Å². The molecule has 0 aliphatic carbocycles. The lowest BCUT2D eigenvalue weighted by Crippen LogP contribution is -2.31. The van der Waals surface area contributed by atoms with E-state index in [1.54, 1.807) is 0 Å². The van der Waals surface area contributed by atoms with Gasteiger partial charge in [0.05, 0.1) is 5.41 Å². The fourth-order valence-electron chi connectivity index (χ4n) is 4.00. The molecule has 0 unspecified atom stereocenters. The second kappa shape index (κ2) is 8.07. The van der Waals surface area contributed by atoms with Gasteiger partial charge in [-0.05, 0) is 22.3 Å². The number of rotatable bonds is 6. The third kappa shape index (κ3) is 3.30. The summed E-state index contributed by atoms with van der Waals surface area (Å²) in [6.45, 7) is 0. The van der Waals surface area contributed by atoms with E-state index in [1.807, 2.05) is 84.9 Å². The predicted molar refractivity (Wildman–Crippen MR) is 116 cm³/mol. The standard InChI is InChI=1S/C27H20O2/c28-19-21-11-15-25(16-12-21)27(23-7-3-1-4-8-23,24-9-5-2-6-10-24)26-17-13-22(20-29)14-18-26/h1-20H. The number of aldehydes is 2. The van der Waals surface area contributed by atoms with Crippen LogP contribution in [0.2, 0.25) is 0 Å². The van der Waals surface area contributed by atoms with Gasteiger partial charge in [-0.15, -0.1) is 0 Å². The molecule has 0 amide bonds. The van der Waals surface area contributed by atoms with Crippen LogP contribution in [0.4, 0.5) is 0 Å². The summed E-state index contributed by atoms with van der Waals surface area (Å²) in [5.74, 6) is 0. The number of benzene rings is 4. The molecule has 0 N–H and O–H groups in total. The van der Waals surface area contributed by atoms with Crippen LogP contribution in [0.15, 0.2) is 109 Å². The summed E-state index contributed by atoms with van der Waals surface area (Å²) in [5.41, 5.74) is 5.04. The number of hydrogen-bond acceptors (Lipinski definition) is 2. The maximum atomic E-state index is 11.2. The molecule has 0 radical (unpaired) electrons. The van der Waals surface area contributed by atoms with Crippen LogP contribution in [0, 0.1) is 0 Å². The summed E-state index contributed by atoms with van der Waals surface area (Å²) < 4.78 is 0. The number of hydrogen-bond donors (Lipinski definition) is 0. The minimum Gasteiger partial charge on any atom is -0.298 e. The highest BCUT2D eigenvalue weighted by Crippen LogP contribution is 2.45. The second-order valence-electron chi connectivity index (χ2n) is 6.96. The average Bonchev–Trinajstić information content (AvgIpc) is 2.82. The lowest BCUT2D eigenvalue weighted by atomic mass is 9.65. The maximum Gasteiger partial charge on any atom is 0.150 e. The molecule has 0 aromatic heterocycles. The van der Waals surface area contributed by atoms with E-state index in [-0.39, 0.29) is 0 Å². The van der Waals surface area contributed by atoms with Crippen LogP contribution in [0.25, 0.3) is 0 Å². The predicted octanol–water partition coefficient (Wildman–Crippen LogP) is 5.69. The molecule has 0 saturated heterocycles. The molecule has 29 heavy (non-hydrogen) atoms. The Morgan fingerprint density at radius 1 is 0.414 bits per heavy atom. The van der Waals surface area contributed by atoms with E-state index in [4.69, 9.17) is 0 Å². The van der Waals surface area contributed by atoms with Crippen molar-refractivity contribution in [1.82, 2.24) is 0 Å². The van der Waals surface area contributed by atoms with Gasteiger partial charge in [-0.25, -0.2) is 0 Å². The minimum atomic E-state index is -0.578. The van der Waals surface area contributed by atoms with E-state index < -0.39 is 5.41 Å². The molecule has 0 heterocycles. The molecule has 0 fully saturated rings.